The fourth-order valence-corrected chi connectivity index (χ4v) is 3.29. The van der Waals surface area contributed by atoms with E-state index in [1.54, 1.807) is 31.4 Å². The topological polar surface area (TPSA) is 63.2 Å². The standard InChI is InChI=1S/C16H20N2O3/c1-21-13-8-6-12(7-9-13)18-15(19)10-14(16(18)20)17-11-4-2-3-5-11/h6-9,11,14,17H,2-5,10H2,1H3/p+1/t14-/m1/s1. The van der Waals surface area contributed by atoms with Crippen molar-refractivity contribution in [1.82, 2.24) is 0 Å². The minimum atomic E-state index is -0.247. The van der Waals surface area contributed by atoms with E-state index in [9.17, 15) is 9.59 Å². The number of anilines is 1. The van der Waals surface area contributed by atoms with Crippen LogP contribution < -0.4 is 15.0 Å². The first-order chi connectivity index (χ1) is 10.2. The maximum atomic E-state index is 12.5. The molecule has 0 unspecified atom stereocenters. The summed E-state index contributed by atoms with van der Waals surface area (Å²) in [5.41, 5.74) is 0.633. The van der Waals surface area contributed by atoms with Gasteiger partial charge in [-0.05, 0) is 49.9 Å². The molecule has 2 aliphatic rings. The third-order valence-corrected chi connectivity index (χ3v) is 4.42. The summed E-state index contributed by atoms with van der Waals surface area (Å²) >= 11 is 0. The number of benzene rings is 1. The number of amides is 2. The normalized spacial score (nSPS) is 23.1. The van der Waals surface area contributed by atoms with Crippen LogP contribution in [0.3, 0.4) is 0 Å². The van der Waals surface area contributed by atoms with Crippen molar-refractivity contribution in [3.05, 3.63) is 24.3 Å². The van der Waals surface area contributed by atoms with Crippen LogP contribution in [-0.4, -0.2) is 31.0 Å². The van der Waals surface area contributed by atoms with Crippen molar-refractivity contribution >= 4 is 17.5 Å². The zero-order chi connectivity index (χ0) is 14.8. The van der Waals surface area contributed by atoms with Gasteiger partial charge in [0.2, 0.25) is 5.91 Å². The first-order valence-corrected chi connectivity index (χ1v) is 7.55. The van der Waals surface area contributed by atoms with E-state index in [-0.39, 0.29) is 17.9 Å². The number of carbonyl (C=O) groups excluding carboxylic acids is 2. The van der Waals surface area contributed by atoms with Crippen LogP contribution >= 0.6 is 0 Å². The van der Waals surface area contributed by atoms with Crippen LogP contribution in [-0.2, 0) is 9.59 Å². The van der Waals surface area contributed by atoms with Gasteiger partial charge in [0.25, 0.3) is 5.91 Å². The minimum Gasteiger partial charge on any atom is -0.497 e. The fourth-order valence-electron chi connectivity index (χ4n) is 3.29. The van der Waals surface area contributed by atoms with Gasteiger partial charge in [-0.2, -0.15) is 0 Å². The highest BCUT2D eigenvalue weighted by molar-refractivity contribution is 6.21. The van der Waals surface area contributed by atoms with Crippen molar-refractivity contribution in [2.45, 2.75) is 44.2 Å². The molecule has 0 radical (unpaired) electrons. The molecule has 112 valence electrons. The number of methoxy groups -OCH3 is 1. The predicted octanol–water partition coefficient (Wildman–Crippen LogP) is 0.833. The summed E-state index contributed by atoms with van der Waals surface area (Å²) < 4.78 is 5.10. The Morgan fingerprint density at radius 3 is 2.43 bits per heavy atom. The average molecular weight is 289 g/mol. The van der Waals surface area contributed by atoms with E-state index < -0.39 is 0 Å². The Morgan fingerprint density at radius 1 is 1.14 bits per heavy atom. The number of nitrogens with two attached hydrogens (primary N) is 1. The average Bonchev–Trinajstić information content (AvgIpc) is 3.09. The van der Waals surface area contributed by atoms with Crippen LogP contribution in [0, 0.1) is 0 Å². The van der Waals surface area contributed by atoms with Gasteiger partial charge in [0, 0.05) is 0 Å². The van der Waals surface area contributed by atoms with Gasteiger partial charge >= 0.3 is 0 Å². The van der Waals surface area contributed by atoms with E-state index in [2.05, 4.69) is 5.32 Å². The number of rotatable bonds is 4. The summed E-state index contributed by atoms with van der Waals surface area (Å²) in [4.78, 5) is 26.0. The van der Waals surface area contributed by atoms with E-state index in [4.69, 9.17) is 4.74 Å². The van der Waals surface area contributed by atoms with Crippen molar-refractivity contribution in [2.24, 2.45) is 0 Å². The largest absolute Gasteiger partial charge is 0.497 e. The second kappa shape index (κ2) is 5.85. The Bertz CT molecular complexity index is 535. The van der Waals surface area contributed by atoms with Gasteiger partial charge in [0.1, 0.15) is 5.75 Å². The highest BCUT2D eigenvalue weighted by atomic mass is 16.5. The van der Waals surface area contributed by atoms with Crippen molar-refractivity contribution in [3.63, 3.8) is 0 Å². The first kappa shape index (κ1) is 14.1. The summed E-state index contributed by atoms with van der Waals surface area (Å²) in [5, 5.41) is 2.11. The molecule has 1 aliphatic heterocycles. The van der Waals surface area contributed by atoms with Crippen LogP contribution in [0.5, 0.6) is 5.75 Å². The van der Waals surface area contributed by atoms with E-state index in [0.29, 0.717) is 23.9 Å². The van der Waals surface area contributed by atoms with Crippen molar-refractivity contribution in [1.29, 1.82) is 0 Å². The van der Waals surface area contributed by atoms with Gasteiger partial charge in [0.05, 0.1) is 25.3 Å². The van der Waals surface area contributed by atoms with Crippen LogP contribution in [0.2, 0.25) is 0 Å². The zero-order valence-corrected chi connectivity index (χ0v) is 12.2. The lowest BCUT2D eigenvalue weighted by Crippen LogP contribution is -2.95. The Kier molecular flexibility index (Phi) is 3.92. The number of quaternary nitrogens is 1. The molecule has 1 aromatic rings. The lowest BCUT2D eigenvalue weighted by molar-refractivity contribution is -0.706. The zero-order valence-electron chi connectivity index (χ0n) is 12.2. The molecule has 1 saturated carbocycles. The Hall–Kier alpha value is -1.88. The Balaban J connectivity index is 1.73. The van der Waals surface area contributed by atoms with E-state index in [1.807, 2.05) is 0 Å². The van der Waals surface area contributed by atoms with Gasteiger partial charge in [0.15, 0.2) is 6.04 Å². The molecular weight excluding hydrogens is 268 g/mol. The molecule has 1 heterocycles. The van der Waals surface area contributed by atoms with E-state index >= 15 is 0 Å². The number of ether oxygens (including phenoxy) is 1. The summed E-state index contributed by atoms with van der Waals surface area (Å²) in [5.74, 6) is 0.522. The Labute approximate surface area is 124 Å². The molecule has 1 aliphatic carbocycles. The van der Waals surface area contributed by atoms with Crippen LogP contribution in [0.1, 0.15) is 32.1 Å². The molecule has 1 saturated heterocycles. The molecule has 1 atom stereocenters. The van der Waals surface area contributed by atoms with Crippen LogP contribution in [0.15, 0.2) is 24.3 Å². The van der Waals surface area contributed by atoms with Gasteiger partial charge in [-0.1, -0.05) is 0 Å². The number of hydrogen-bond donors (Lipinski definition) is 1. The van der Waals surface area contributed by atoms with E-state index in [0.717, 1.165) is 12.8 Å². The van der Waals surface area contributed by atoms with Crippen LogP contribution in [0.25, 0.3) is 0 Å². The number of hydrogen-bond acceptors (Lipinski definition) is 3. The summed E-state index contributed by atoms with van der Waals surface area (Å²) in [7, 11) is 1.59. The van der Waals surface area contributed by atoms with Crippen LogP contribution in [0.4, 0.5) is 5.69 Å². The van der Waals surface area contributed by atoms with Crippen molar-refractivity contribution < 1.29 is 19.6 Å². The quantitative estimate of drug-likeness (QED) is 0.835. The molecule has 5 heteroatoms. The smallest absolute Gasteiger partial charge is 0.292 e. The second-order valence-corrected chi connectivity index (χ2v) is 5.81. The number of nitrogens with zero attached hydrogens (tertiary/aromatic N) is 1. The highest BCUT2D eigenvalue weighted by Gasteiger charge is 2.43. The molecule has 2 fully saturated rings. The molecular formula is C16H21N2O3+. The molecule has 2 amide bonds. The lowest BCUT2D eigenvalue weighted by atomic mass is 10.2. The molecule has 21 heavy (non-hydrogen) atoms. The van der Waals surface area contributed by atoms with Gasteiger partial charge in [-0.3, -0.25) is 9.59 Å². The molecule has 0 spiro atoms. The summed E-state index contributed by atoms with van der Waals surface area (Å²) in [6, 6.07) is 7.30. The molecule has 1 aromatic carbocycles. The number of carbonyl (C=O) groups is 2. The third kappa shape index (κ3) is 2.78. The first-order valence-electron chi connectivity index (χ1n) is 7.55. The van der Waals surface area contributed by atoms with Crippen molar-refractivity contribution in [2.75, 3.05) is 12.0 Å². The van der Waals surface area contributed by atoms with E-state index in [1.165, 1.54) is 17.7 Å². The van der Waals surface area contributed by atoms with Gasteiger partial charge < -0.3 is 10.1 Å². The Morgan fingerprint density at radius 2 is 1.81 bits per heavy atom. The lowest BCUT2D eigenvalue weighted by Gasteiger charge is -2.16. The molecule has 2 N–H and O–H groups in total. The summed E-state index contributed by atoms with van der Waals surface area (Å²) in [6.45, 7) is 0. The van der Waals surface area contributed by atoms with Gasteiger partial charge in [-0.25, -0.2) is 4.90 Å². The molecule has 3 rings (SSSR count). The highest BCUT2D eigenvalue weighted by Crippen LogP contribution is 2.24. The van der Waals surface area contributed by atoms with Crippen molar-refractivity contribution in [3.8, 4) is 5.75 Å². The SMILES string of the molecule is COc1ccc(N2C(=O)C[C@@H]([NH2+]C3CCCC3)C2=O)cc1. The summed E-state index contributed by atoms with van der Waals surface area (Å²) in [6.07, 6.45) is 5.08. The number of imide groups is 1. The molecule has 0 aromatic heterocycles. The predicted molar refractivity (Wildman–Crippen MR) is 78.1 cm³/mol. The molecule has 5 nitrogen and oxygen atoms in total. The minimum absolute atomic E-state index is 0.0860. The van der Waals surface area contributed by atoms with Gasteiger partial charge in [-0.15, -0.1) is 0 Å². The monoisotopic (exact) mass is 289 g/mol. The second-order valence-electron chi connectivity index (χ2n) is 5.81. The molecule has 0 bridgehead atoms. The fraction of sp³-hybridized carbons (Fsp3) is 0.500. The third-order valence-electron chi connectivity index (χ3n) is 4.42. The maximum absolute atomic E-state index is 12.5. The maximum Gasteiger partial charge on any atom is 0.292 e.